The van der Waals surface area contributed by atoms with Crippen molar-refractivity contribution in [3.63, 3.8) is 0 Å². The molecule has 2 aliphatic carbocycles. The van der Waals surface area contributed by atoms with E-state index >= 15 is 0 Å². The molecular weight excluding hydrogens is 192 g/mol. The van der Waals surface area contributed by atoms with E-state index in [1.54, 1.807) is 0 Å². The summed E-state index contributed by atoms with van der Waals surface area (Å²) in [5, 5.41) is 0. The lowest BCUT2D eigenvalue weighted by atomic mass is 9.75. The topological polar surface area (TPSA) is 0 Å². The highest BCUT2D eigenvalue weighted by molar-refractivity contribution is 6.18. The minimum atomic E-state index is 0.547. The van der Waals surface area contributed by atoms with Crippen molar-refractivity contribution >= 4 is 11.6 Å². The maximum atomic E-state index is 6.21. The average molecular weight is 215 g/mol. The number of rotatable bonds is 5. The molecule has 0 bridgehead atoms. The molecule has 0 aromatic rings. The second kappa shape index (κ2) is 4.04. The van der Waals surface area contributed by atoms with E-state index in [1.165, 1.54) is 38.5 Å². The van der Waals surface area contributed by atoms with Gasteiger partial charge in [0.15, 0.2) is 0 Å². The molecule has 0 aromatic carbocycles. The molecule has 2 aliphatic rings. The maximum Gasteiger partial charge on any atom is 0.0280 e. The van der Waals surface area contributed by atoms with Crippen molar-refractivity contribution in [3.8, 4) is 0 Å². The van der Waals surface area contributed by atoms with Crippen molar-refractivity contribution in [1.82, 2.24) is 0 Å². The van der Waals surface area contributed by atoms with Crippen molar-refractivity contribution in [2.45, 2.75) is 52.4 Å². The standard InChI is InChI=1S/C13H23Cl/c1-3-10(4-2)6-13(9-14)7-11-5-12(11)8-13/h10-12H,3-9H2,1-2H3. The summed E-state index contributed by atoms with van der Waals surface area (Å²) in [6.07, 6.45) is 8.47. The lowest BCUT2D eigenvalue weighted by Gasteiger charge is -2.32. The van der Waals surface area contributed by atoms with Crippen molar-refractivity contribution in [3.05, 3.63) is 0 Å². The molecule has 2 unspecified atom stereocenters. The van der Waals surface area contributed by atoms with Crippen LogP contribution in [0.25, 0.3) is 0 Å². The van der Waals surface area contributed by atoms with Crippen LogP contribution in [0.4, 0.5) is 0 Å². The van der Waals surface area contributed by atoms with Crippen molar-refractivity contribution in [1.29, 1.82) is 0 Å². The Morgan fingerprint density at radius 2 is 1.79 bits per heavy atom. The Bertz CT molecular complexity index is 185. The molecule has 0 nitrogen and oxygen atoms in total. The molecule has 0 aromatic heterocycles. The Morgan fingerprint density at radius 1 is 1.21 bits per heavy atom. The Kier molecular flexibility index (Phi) is 3.12. The fourth-order valence-corrected chi connectivity index (χ4v) is 3.85. The summed E-state index contributed by atoms with van der Waals surface area (Å²) in [4.78, 5) is 0. The molecule has 0 aliphatic heterocycles. The zero-order chi connectivity index (χ0) is 10.2. The van der Waals surface area contributed by atoms with E-state index in [1.807, 2.05) is 0 Å². The van der Waals surface area contributed by atoms with Gasteiger partial charge >= 0.3 is 0 Å². The van der Waals surface area contributed by atoms with Crippen LogP contribution < -0.4 is 0 Å². The fourth-order valence-electron chi connectivity index (χ4n) is 3.53. The van der Waals surface area contributed by atoms with Gasteiger partial charge in [-0.2, -0.15) is 0 Å². The third-order valence-electron chi connectivity index (χ3n) is 4.62. The lowest BCUT2D eigenvalue weighted by Crippen LogP contribution is -2.24. The molecule has 14 heavy (non-hydrogen) atoms. The SMILES string of the molecule is CCC(CC)CC1(CCl)CC2CC2C1. The largest absolute Gasteiger partial charge is 0.126 e. The van der Waals surface area contributed by atoms with Crippen molar-refractivity contribution in [2.75, 3.05) is 5.88 Å². The Morgan fingerprint density at radius 3 is 2.21 bits per heavy atom. The quantitative estimate of drug-likeness (QED) is 0.593. The van der Waals surface area contributed by atoms with Gasteiger partial charge in [-0.1, -0.05) is 26.7 Å². The predicted octanol–water partition coefficient (Wildman–Crippen LogP) is 4.47. The van der Waals surface area contributed by atoms with Crippen LogP contribution in [0.2, 0.25) is 0 Å². The highest BCUT2D eigenvalue weighted by Gasteiger charge is 2.53. The molecule has 0 heterocycles. The molecule has 0 spiro atoms. The molecule has 2 saturated carbocycles. The predicted molar refractivity (Wildman–Crippen MR) is 62.7 cm³/mol. The van der Waals surface area contributed by atoms with E-state index in [4.69, 9.17) is 11.6 Å². The normalized spacial score (nSPS) is 40.3. The van der Waals surface area contributed by atoms with E-state index in [0.717, 1.165) is 23.6 Å². The molecule has 2 rings (SSSR count). The minimum Gasteiger partial charge on any atom is -0.126 e. The highest BCUT2D eigenvalue weighted by Crippen LogP contribution is 2.62. The zero-order valence-corrected chi connectivity index (χ0v) is 10.3. The molecule has 2 fully saturated rings. The van der Waals surface area contributed by atoms with Crippen LogP contribution in [-0.2, 0) is 0 Å². The van der Waals surface area contributed by atoms with Crippen LogP contribution in [0.15, 0.2) is 0 Å². The highest BCUT2D eigenvalue weighted by atomic mass is 35.5. The Balaban J connectivity index is 1.92. The van der Waals surface area contributed by atoms with Gasteiger partial charge in [0.1, 0.15) is 0 Å². The molecule has 82 valence electrons. The maximum absolute atomic E-state index is 6.21. The Labute approximate surface area is 93.4 Å². The zero-order valence-electron chi connectivity index (χ0n) is 9.56. The molecule has 0 saturated heterocycles. The van der Waals surface area contributed by atoms with Crippen LogP contribution in [0.3, 0.4) is 0 Å². The summed E-state index contributed by atoms with van der Waals surface area (Å²) in [7, 11) is 0. The summed E-state index contributed by atoms with van der Waals surface area (Å²) < 4.78 is 0. The summed E-state index contributed by atoms with van der Waals surface area (Å²) in [5.74, 6) is 3.98. The minimum absolute atomic E-state index is 0.547. The number of hydrogen-bond acceptors (Lipinski definition) is 0. The van der Waals surface area contributed by atoms with Crippen molar-refractivity contribution < 1.29 is 0 Å². The second-order valence-electron chi connectivity index (χ2n) is 5.68. The van der Waals surface area contributed by atoms with Gasteiger partial charge in [-0.3, -0.25) is 0 Å². The van der Waals surface area contributed by atoms with Gasteiger partial charge in [-0.05, 0) is 48.9 Å². The van der Waals surface area contributed by atoms with Crippen LogP contribution >= 0.6 is 11.6 Å². The van der Waals surface area contributed by atoms with Gasteiger partial charge in [0.05, 0.1) is 0 Å². The summed E-state index contributed by atoms with van der Waals surface area (Å²) in [6.45, 7) is 4.65. The number of halogens is 1. The lowest BCUT2D eigenvalue weighted by molar-refractivity contribution is 0.220. The molecule has 0 amide bonds. The van der Waals surface area contributed by atoms with Crippen LogP contribution in [0.1, 0.15) is 52.4 Å². The third-order valence-corrected chi connectivity index (χ3v) is 5.19. The molecule has 1 heteroatoms. The van der Waals surface area contributed by atoms with Crippen LogP contribution in [-0.4, -0.2) is 5.88 Å². The van der Waals surface area contributed by atoms with Gasteiger partial charge < -0.3 is 0 Å². The van der Waals surface area contributed by atoms with Crippen LogP contribution in [0, 0.1) is 23.2 Å². The smallest absolute Gasteiger partial charge is 0.0280 e. The summed E-state index contributed by atoms with van der Waals surface area (Å²) in [5.41, 5.74) is 0.547. The van der Waals surface area contributed by atoms with E-state index in [2.05, 4.69) is 13.8 Å². The van der Waals surface area contributed by atoms with Crippen LogP contribution in [0.5, 0.6) is 0 Å². The molecule has 2 atom stereocenters. The first-order chi connectivity index (χ1) is 6.73. The van der Waals surface area contributed by atoms with E-state index in [9.17, 15) is 0 Å². The first-order valence-corrected chi connectivity index (χ1v) is 6.82. The molecular formula is C13H23Cl. The second-order valence-corrected chi connectivity index (χ2v) is 5.95. The third kappa shape index (κ3) is 1.96. The first-order valence-electron chi connectivity index (χ1n) is 6.29. The fraction of sp³-hybridized carbons (Fsp3) is 1.00. The van der Waals surface area contributed by atoms with Gasteiger partial charge in [-0.25, -0.2) is 0 Å². The first kappa shape index (κ1) is 10.8. The van der Waals surface area contributed by atoms with Gasteiger partial charge in [0.25, 0.3) is 0 Å². The summed E-state index contributed by atoms with van der Waals surface area (Å²) >= 11 is 6.21. The number of hydrogen-bond donors (Lipinski definition) is 0. The van der Waals surface area contributed by atoms with E-state index in [0.29, 0.717) is 5.41 Å². The number of fused-ring (bicyclic) bond motifs is 1. The van der Waals surface area contributed by atoms with E-state index in [-0.39, 0.29) is 0 Å². The molecule has 0 radical (unpaired) electrons. The van der Waals surface area contributed by atoms with Gasteiger partial charge in [0, 0.05) is 5.88 Å². The van der Waals surface area contributed by atoms with Crippen molar-refractivity contribution in [2.24, 2.45) is 23.2 Å². The summed E-state index contributed by atoms with van der Waals surface area (Å²) in [6, 6.07) is 0. The van der Waals surface area contributed by atoms with E-state index < -0.39 is 0 Å². The number of alkyl halides is 1. The molecule has 0 N–H and O–H groups in total. The monoisotopic (exact) mass is 214 g/mol. The Hall–Kier alpha value is 0.290. The van der Waals surface area contributed by atoms with Gasteiger partial charge in [-0.15, -0.1) is 11.6 Å². The van der Waals surface area contributed by atoms with Gasteiger partial charge in [0.2, 0.25) is 0 Å². The average Bonchev–Trinajstić information content (AvgIpc) is 2.84.